The van der Waals surface area contributed by atoms with Crippen molar-refractivity contribution < 1.29 is 9.90 Å². The molecule has 0 aromatic heterocycles. The van der Waals surface area contributed by atoms with Gasteiger partial charge in [-0.15, -0.1) is 0 Å². The number of hydrogen-bond acceptors (Lipinski definition) is 2. The van der Waals surface area contributed by atoms with E-state index in [1.54, 1.807) is 7.05 Å². The van der Waals surface area contributed by atoms with E-state index >= 15 is 0 Å². The van der Waals surface area contributed by atoms with Crippen LogP contribution in [0, 0.1) is 13.8 Å². The highest BCUT2D eigenvalue weighted by molar-refractivity contribution is 5.68. The van der Waals surface area contributed by atoms with Crippen molar-refractivity contribution in [2.45, 2.75) is 26.3 Å². The van der Waals surface area contributed by atoms with Crippen LogP contribution < -0.4 is 5.32 Å². The summed E-state index contributed by atoms with van der Waals surface area (Å²) >= 11 is 0. The molecule has 1 aromatic carbocycles. The van der Waals surface area contributed by atoms with Gasteiger partial charge in [-0.1, -0.05) is 23.8 Å². The summed E-state index contributed by atoms with van der Waals surface area (Å²) in [7, 11) is 1.78. The molecule has 82 valence electrons. The molecule has 3 heteroatoms. The highest BCUT2D eigenvalue weighted by Crippen LogP contribution is 2.21. The third-order valence-electron chi connectivity index (χ3n) is 2.53. The van der Waals surface area contributed by atoms with E-state index in [1.807, 2.05) is 26.0 Å². The first kappa shape index (κ1) is 11.7. The van der Waals surface area contributed by atoms with Gasteiger partial charge in [-0.2, -0.15) is 0 Å². The number of benzene rings is 1. The van der Waals surface area contributed by atoms with E-state index < -0.39 is 5.97 Å². The van der Waals surface area contributed by atoms with Crippen LogP contribution in [0.15, 0.2) is 18.2 Å². The number of carboxylic acids is 1. The third kappa shape index (κ3) is 3.06. The molecular formula is C12H17NO2. The van der Waals surface area contributed by atoms with Crippen LogP contribution in [0.1, 0.15) is 29.2 Å². The molecule has 0 aliphatic heterocycles. The molecule has 1 rings (SSSR count). The zero-order chi connectivity index (χ0) is 11.4. The van der Waals surface area contributed by atoms with Crippen molar-refractivity contribution in [2.75, 3.05) is 7.05 Å². The van der Waals surface area contributed by atoms with Gasteiger partial charge in [-0.3, -0.25) is 4.79 Å². The average Bonchev–Trinajstić information content (AvgIpc) is 2.14. The molecule has 0 radical (unpaired) electrons. The van der Waals surface area contributed by atoms with Crippen LogP contribution in [0.4, 0.5) is 0 Å². The minimum atomic E-state index is -0.783. The van der Waals surface area contributed by atoms with Gasteiger partial charge in [0.25, 0.3) is 0 Å². The van der Waals surface area contributed by atoms with E-state index in [0.29, 0.717) is 0 Å². The number of carboxylic acid groups (broad SMARTS) is 1. The van der Waals surface area contributed by atoms with Gasteiger partial charge in [0.2, 0.25) is 0 Å². The summed E-state index contributed by atoms with van der Waals surface area (Å²) in [6.45, 7) is 4.04. The Hall–Kier alpha value is -1.35. The SMILES string of the molecule is CNC(CC(=O)O)c1ccc(C)cc1C. The van der Waals surface area contributed by atoms with Crippen molar-refractivity contribution in [3.63, 3.8) is 0 Å². The molecule has 3 nitrogen and oxygen atoms in total. The summed E-state index contributed by atoms with van der Waals surface area (Å²) in [4.78, 5) is 10.7. The molecule has 0 amide bonds. The summed E-state index contributed by atoms with van der Waals surface area (Å²) in [5, 5.41) is 11.8. The lowest BCUT2D eigenvalue weighted by atomic mass is 9.97. The lowest BCUT2D eigenvalue weighted by Gasteiger charge is -2.17. The maximum atomic E-state index is 10.7. The molecule has 0 fully saturated rings. The summed E-state index contributed by atoms with van der Waals surface area (Å²) in [5.41, 5.74) is 3.39. The predicted octanol–water partition coefficient (Wildman–Crippen LogP) is 2.04. The van der Waals surface area contributed by atoms with Crippen LogP contribution in [-0.4, -0.2) is 18.1 Å². The molecule has 0 aliphatic carbocycles. The van der Waals surface area contributed by atoms with Crippen LogP contribution in [0.25, 0.3) is 0 Å². The highest BCUT2D eigenvalue weighted by atomic mass is 16.4. The summed E-state index contributed by atoms with van der Waals surface area (Å²) in [5.74, 6) is -0.783. The van der Waals surface area contributed by atoms with Crippen molar-refractivity contribution in [2.24, 2.45) is 0 Å². The van der Waals surface area contributed by atoms with Crippen molar-refractivity contribution in [3.8, 4) is 0 Å². The second-order valence-corrected chi connectivity index (χ2v) is 3.80. The van der Waals surface area contributed by atoms with Crippen molar-refractivity contribution >= 4 is 5.97 Å². The molecule has 2 N–H and O–H groups in total. The molecule has 0 spiro atoms. The Bertz CT molecular complexity index is 361. The fourth-order valence-corrected chi connectivity index (χ4v) is 1.76. The van der Waals surface area contributed by atoms with Crippen LogP contribution in [0.2, 0.25) is 0 Å². The fraction of sp³-hybridized carbons (Fsp3) is 0.417. The van der Waals surface area contributed by atoms with E-state index in [4.69, 9.17) is 5.11 Å². The van der Waals surface area contributed by atoms with E-state index in [-0.39, 0.29) is 12.5 Å². The lowest BCUT2D eigenvalue weighted by molar-refractivity contribution is -0.137. The van der Waals surface area contributed by atoms with E-state index in [9.17, 15) is 4.79 Å². The number of hydrogen-bond donors (Lipinski definition) is 2. The molecule has 0 saturated carbocycles. The van der Waals surface area contributed by atoms with Gasteiger partial charge in [0.05, 0.1) is 6.42 Å². The topological polar surface area (TPSA) is 49.3 Å². The lowest BCUT2D eigenvalue weighted by Crippen LogP contribution is -2.20. The third-order valence-corrected chi connectivity index (χ3v) is 2.53. The Morgan fingerprint density at radius 3 is 2.60 bits per heavy atom. The Kier molecular flexibility index (Phi) is 3.86. The van der Waals surface area contributed by atoms with Gasteiger partial charge in [0, 0.05) is 6.04 Å². The first-order chi connectivity index (χ1) is 7.04. The zero-order valence-electron chi connectivity index (χ0n) is 9.37. The largest absolute Gasteiger partial charge is 0.481 e. The summed E-state index contributed by atoms with van der Waals surface area (Å²) in [6.07, 6.45) is 0.112. The summed E-state index contributed by atoms with van der Waals surface area (Å²) < 4.78 is 0. The van der Waals surface area contributed by atoms with E-state index in [2.05, 4.69) is 11.4 Å². The van der Waals surface area contributed by atoms with Crippen molar-refractivity contribution in [3.05, 3.63) is 34.9 Å². The van der Waals surface area contributed by atoms with Gasteiger partial charge in [-0.05, 0) is 32.0 Å². The minimum absolute atomic E-state index is 0.108. The van der Waals surface area contributed by atoms with E-state index in [0.717, 1.165) is 11.1 Å². The normalized spacial score (nSPS) is 12.5. The van der Waals surface area contributed by atoms with Gasteiger partial charge in [-0.25, -0.2) is 0 Å². The van der Waals surface area contributed by atoms with Crippen LogP contribution >= 0.6 is 0 Å². The number of nitrogens with one attached hydrogen (secondary N) is 1. The maximum absolute atomic E-state index is 10.7. The molecule has 15 heavy (non-hydrogen) atoms. The predicted molar refractivity (Wildman–Crippen MR) is 60.0 cm³/mol. The summed E-state index contributed by atoms with van der Waals surface area (Å²) in [6, 6.07) is 5.97. The standard InChI is InChI=1S/C12H17NO2/c1-8-4-5-10(9(2)6-8)11(13-3)7-12(14)15/h4-6,11,13H,7H2,1-3H3,(H,14,15). The van der Waals surface area contributed by atoms with Gasteiger partial charge >= 0.3 is 5.97 Å². The Morgan fingerprint density at radius 1 is 1.47 bits per heavy atom. The molecule has 1 unspecified atom stereocenters. The van der Waals surface area contributed by atoms with Crippen molar-refractivity contribution in [1.29, 1.82) is 0 Å². The Balaban J connectivity index is 2.96. The maximum Gasteiger partial charge on any atom is 0.305 e. The Labute approximate surface area is 90.1 Å². The number of aliphatic carboxylic acids is 1. The molecule has 0 aliphatic rings. The number of aryl methyl sites for hydroxylation is 2. The van der Waals surface area contributed by atoms with Gasteiger partial charge < -0.3 is 10.4 Å². The van der Waals surface area contributed by atoms with Gasteiger partial charge in [0.15, 0.2) is 0 Å². The van der Waals surface area contributed by atoms with E-state index in [1.165, 1.54) is 5.56 Å². The smallest absolute Gasteiger partial charge is 0.305 e. The number of rotatable bonds is 4. The minimum Gasteiger partial charge on any atom is -0.481 e. The molecule has 1 atom stereocenters. The average molecular weight is 207 g/mol. The second-order valence-electron chi connectivity index (χ2n) is 3.80. The van der Waals surface area contributed by atoms with Gasteiger partial charge in [0.1, 0.15) is 0 Å². The molecule has 1 aromatic rings. The molecule has 0 bridgehead atoms. The molecule has 0 heterocycles. The molecule has 0 saturated heterocycles. The zero-order valence-corrected chi connectivity index (χ0v) is 9.37. The number of carbonyl (C=O) groups is 1. The van der Waals surface area contributed by atoms with Crippen LogP contribution in [0.3, 0.4) is 0 Å². The second kappa shape index (κ2) is 4.94. The van der Waals surface area contributed by atoms with Crippen molar-refractivity contribution in [1.82, 2.24) is 5.32 Å². The quantitative estimate of drug-likeness (QED) is 0.794. The van der Waals surface area contributed by atoms with Crippen LogP contribution in [-0.2, 0) is 4.79 Å². The first-order valence-electron chi connectivity index (χ1n) is 5.00. The molecular weight excluding hydrogens is 190 g/mol. The monoisotopic (exact) mass is 207 g/mol. The van der Waals surface area contributed by atoms with Crippen LogP contribution in [0.5, 0.6) is 0 Å². The first-order valence-corrected chi connectivity index (χ1v) is 5.00. The highest BCUT2D eigenvalue weighted by Gasteiger charge is 2.14. The Morgan fingerprint density at radius 2 is 2.13 bits per heavy atom. The fourth-order valence-electron chi connectivity index (χ4n) is 1.76.